The molecule has 0 atom stereocenters. The van der Waals surface area contributed by atoms with Crippen LogP contribution in [-0.2, 0) is 4.74 Å². The van der Waals surface area contributed by atoms with Crippen LogP contribution >= 0.6 is 12.2 Å². The van der Waals surface area contributed by atoms with Gasteiger partial charge in [0.1, 0.15) is 0 Å². The van der Waals surface area contributed by atoms with E-state index in [-0.39, 0.29) is 0 Å². The van der Waals surface area contributed by atoms with Gasteiger partial charge in [0.2, 0.25) is 0 Å². The van der Waals surface area contributed by atoms with Gasteiger partial charge in [-0.15, -0.1) is 0 Å². The summed E-state index contributed by atoms with van der Waals surface area (Å²) in [7, 11) is 3.90. The minimum Gasteiger partial charge on any atom is -0.379 e. The first-order valence-corrected chi connectivity index (χ1v) is 5.36. The Balaban J connectivity index is 2.05. The van der Waals surface area contributed by atoms with Crippen molar-refractivity contribution in [1.29, 1.82) is 0 Å². The summed E-state index contributed by atoms with van der Waals surface area (Å²) in [5.74, 6) is 0. The number of thiocarbonyl (C=S) groups is 1. The number of nitrogens with zero attached hydrogens (tertiary/aromatic N) is 2. The van der Waals surface area contributed by atoms with E-state index in [1.807, 2.05) is 19.0 Å². The molecule has 1 heterocycles. The molecule has 0 aromatic rings. The van der Waals surface area contributed by atoms with E-state index in [1.54, 1.807) is 0 Å². The molecule has 1 fully saturated rings. The van der Waals surface area contributed by atoms with Crippen molar-refractivity contribution < 1.29 is 4.74 Å². The van der Waals surface area contributed by atoms with Crippen LogP contribution in [0.4, 0.5) is 0 Å². The summed E-state index contributed by atoms with van der Waals surface area (Å²) in [4.78, 5) is 4.30. The number of nitrogens with one attached hydrogen (secondary N) is 1. The summed E-state index contributed by atoms with van der Waals surface area (Å²) in [6.45, 7) is 5.75. The molecule has 0 aromatic carbocycles. The third-order valence-corrected chi connectivity index (χ3v) is 2.72. The van der Waals surface area contributed by atoms with Crippen LogP contribution in [0.3, 0.4) is 0 Å². The zero-order valence-corrected chi connectivity index (χ0v) is 9.77. The van der Waals surface area contributed by atoms with Crippen LogP contribution in [-0.4, -0.2) is 68.4 Å². The molecule has 0 bridgehead atoms. The predicted molar refractivity (Wildman–Crippen MR) is 61.5 cm³/mol. The van der Waals surface area contributed by atoms with Crippen LogP contribution in [0, 0.1) is 0 Å². The molecule has 0 unspecified atom stereocenters. The Labute approximate surface area is 91.2 Å². The fourth-order valence-corrected chi connectivity index (χ4v) is 1.41. The summed E-state index contributed by atoms with van der Waals surface area (Å²) in [5, 5.41) is 4.01. The summed E-state index contributed by atoms with van der Waals surface area (Å²) in [6.07, 6.45) is 0. The Morgan fingerprint density at radius 2 is 2.07 bits per heavy atom. The van der Waals surface area contributed by atoms with Crippen molar-refractivity contribution in [3.8, 4) is 0 Å². The van der Waals surface area contributed by atoms with Gasteiger partial charge < -0.3 is 15.0 Å². The SMILES string of the molecule is CN(C)C(=S)NCCN1CCOCC1. The van der Waals surface area contributed by atoms with E-state index in [1.165, 1.54) is 0 Å². The lowest BCUT2D eigenvalue weighted by molar-refractivity contribution is 0.0389. The number of hydrogen-bond acceptors (Lipinski definition) is 3. The Morgan fingerprint density at radius 3 is 2.64 bits per heavy atom. The van der Waals surface area contributed by atoms with Crippen molar-refractivity contribution in [3.05, 3.63) is 0 Å². The Morgan fingerprint density at radius 1 is 1.43 bits per heavy atom. The lowest BCUT2D eigenvalue weighted by Gasteiger charge is -2.27. The molecule has 0 radical (unpaired) electrons. The van der Waals surface area contributed by atoms with E-state index in [0.717, 1.165) is 44.5 Å². The summed E-state index contributed by atoms with van der Waals surface area (Å²) in [6, 6.07) is 0. The van der Waals surface area contributed by atoms with Gasteiger partial charge in [-0.3, -0.25) is 4.90 Å². The minimum atomic E-state index is 0.804. The van der Waals surface area contributed by atoms with Crippen LogP contribution in [0.15, 0.2) is 0 Å². The van der Waals surface area contributed by atoms with Crippen molar-refractivity contribution >= 4 is 17.3 Å². The van der Waals surface area contributed by atoms with Crippen LogP contribution < -0.4 is 5.32 Å². The van der Waals surface area contributed by atoms with E-state index in [0.29, 0.717) is 0 Å². The maximum absolute atomic E-state index is 5.27. The molecule has 0 spiro atoms. The van der Waals surface area contributed by atoms with Crippen LogP contribution in [0.2, 0.25) is 0 Å². The molecule has 1 aliphatic rings. The normalized spacial score (nSPS) is 17.9. The van der Waals surface area contributed by atoms with Crippen LogP contribution in [0.25, 0.3) is 0 Å². The molecule has 0 saturated carbocycles. The monoisotopic (exact) mass is 217 g/mol. The second kappa shape index (κ2) is 6.16. The van der Waals surface area contributed by atoms with Gasteiger partial charge in [-0.2, -0.15) is 0 Å². The van der Waals surface area contributed by atoms with E-state index in [2.05, 4.69) is 10.2 Å². The minimum absolute atomic E-state index is 0.804. The molecule has 5 heteroatoms. The van der Waals surface area contributed by atoms with Crippen LogP contribution in [0.5, 0.6) is 0 Å². The molecule has 82 valence electrons. The topological polar surface area (TPSA) is 27.7 Å². The van der Waals surface area contributed by atoms with Gasteiger partial charge in [0.25, 0.3) is 0 Å². The Bertz CT molecular complexity index is 181. The van der Waals surface area contributed by atoms with Gasteiger partial charge in [0, 0.05) is 40.3 Å². The van der Waals surface area contributed by atoms with Crippen molar-refractivity contribution in [1.82, 2.24) is 15.1 Å². The molecule has 1 rings (SSSR count). The standard InChI is InChI=1S/C9H19N3OS/c1-11(2)9(14)10-3-4-12-5-7-13-8-6-12/h3-8H2,1-2H3,(H,10,14). The van der Waals surface area contributed by atoms with E-state index in [9.17, 15) is 0 Å². The van der Waals surface area contributed by atoms with E-state index < -0.39 is 0 Å². The quantitative estimate of drug-likeness (QED) is 0.658. The molecule has 14 heavy (non-hydrogen) atoms. The van der Waals surface area contributed by atoms with Crippen molar-refractivity contribution in [2.24, 2.45) is 0 Å². The highest BCUT2D eigenvalue weighted by Crippen LogP contribution is 1.94. The second-order valence-corrected chi connectivity index (χ2v) is 3.97. The van der Waals surface area contributed by atoms with Gasteiger partial charge in [0.05, 0.1) is 13.2 Å². The van der Waals surface area contributed by atoms with Crippen LogP contribution in [0.1, 0.15) is 0 Å². The van der Waals surface area contributed by atoms with Crippen molar-refractivity contribution in [2.75, 3.05) is 53.5 Å². The van der Waals surface area contributed by atoms with E-state index >= 15 is 0 Å². The third-order valence-electron chi connectivity index (χ3n) is 2.21. The summed E-state index contributed by atoms with van der Waals surface area (Å²) >= 11 is 5.12. The number of morpholine rings is 1. The molecular formula is C9H19N3OS. The van der Waals surface area contributed by atoms with Gasteiger partial charge >= 0.3 is 0 Å². The molecule has 1 aliphatic heterocycles. The van der Waals surface area contributed by atoms with Gasteiger partial charge in [-0.05, 0) is 12.2 Å². The highest BCUT2D eigenvalue weighted by molar-refractivity contribution is 7.80. The lowest BCUT2D eigenvalue weighted by Crippen LogP contribution is -2.43. The summed E-state index contributed by atoms with van der Waals surface area (Å²) in [5.41, 5.74) is 0. The predicted octanol–water partition coefficient (Wildman–Crippen LogP) is -0.245. The Hall–Kier alpha value is -0.390. The largest absolute Gasteiger partial charge is 0.379 e. The zero-order valence-electron chi connectivity index (χ0n) is 8.95. The fraction of sp³-hybridized carbons (Fsp3) is 0.889. The average molecular weight is 217 g/mol. The fourth-order valence-electron chi connectivity index (χ4n) is 1.30. The first-order chi connectivity index (χ1) is 6.70. The molecular weight excluding hydrogens is 198 g/mol. The molecule has 1 N–H and O–H groups in total. The zero-order chi connectivity index (χ0) is 10.4. The average Bonchev–Trinajstić information content (AvgIpc) is 2.19. The first kappa shape index (κ1) is 11.7. The Kier molecular flexibility index (Phi) is 5.14. The molecule has 4 nitrogen and oxygen atoms in total. The van der Waals surface area contributed by atoms with Crippen molar-refractivity contribution in [3.63, 3.8) is 0 Å². The molecule has 0 aromatic heterocycles. The summed E-state index contributed by atoms with van der Waals surface area (Å²) < 4.78 is 5.27. The van der Waals surface area contributed by atoms with Gasteiger partial charge in [-0.1, -0.05) is 0 Å². The number of ether oxygens (including phenoxy) is 1. The third kappa shape index (κ3) is 4.21. The highest BCUT2D eigenvalue weighted by atomic mass is 32.1. The van der Waals surface area contributed by atoms with Crippen molar-refractivity contribution in [2.45, 2.75) is 0 Å². The lowest BCUT2D eigenvalue weighted by atomic mass is 10.4. The number of rotatable bonds is 3. The maximum atomic E-state index is 5.27. The highest BCUT2D eigenvalue weighted by Gasteiger charge is 2.09. The van der Waals surface area contributed by atoms with E-state index in [4.69, 9.17) is 17.0 Å². The smallest absolute Gasteiger partial charge is 0.168 e. The van der Waals surface area contributed by atoms with Gasteiger partial charge in [-0.25, -0.2) is 0 Å². The molecule has 0 aliphatic carbocycles. The van der Waals surface area contributed by atoms with Gasteiger partial charge in [0.15, 0.2) is 5.11 Å². The first-order valence-electron chi connectivity index (χ1n) is 4.95. The second-order valence-electron chi connectivity index (χ2n) is 3.58. The maximum Gasteiger partial charge on any atom is 0.168 e. The molecule has 1 saturated heterocycles. The number of hydrogen-bond donors (Lipinski definition) is 1. The molecule has 0 amide bonds.